The van der Waals surface area contributed by atoms with Gasteiger partial charge in [-0.1, -0.05) is 59.6 Å². The van der Waals surface area contributed by atoms with Gasteiger partial charge in [-0.15, -0.1) is 0 Å². The molecule has 8 nitrogen and oxygen atoms in total. The van der Waals surface area contributed by atoms with Crippen LogP contribution in [0.2, 0.25) is 10.0 Å². The van der Waals surface area contributed by atoms with E-state index in [0.29, 0.717) is 41.1 Å². The highest BCUT2D eigenvalue weighted by atomic mass is 35.5. The van der Waals surface area contributed by atoms with Gasteiger partial charge in [0.15, 0.2) is 0 Å². The van der Waals surface area contributed by atoms with Gasteiger partial charge in [0.05, 0.1) is 24.2 Å². The Bertz CT molecular complexity index is 1490. The molecule has 0 saturated heterocycles. The average molecular weight is 579 g/mol. The Balaban J connectivity index is 1.27. The summed E-state index contributed by atoms with van der Waals surface area (Å²) < 4.78 is 8.06. The van der Waals surface area contributed by atoms with E-state index in [9.17, 15) is 9.59 Å². The molecule has 206 valence electrons. The number of fused-ring (bicyclic) bond motifs is 1. The molecule has 0 spiro atoms. The predicted molar refractivity (Wildman–Crippen MR) is 155 cm³/mol. The van der Waals surface area contributed by atoms with Gasteiger partial charge in [-0.2, -0.15) is 0 Å². The van der Waals surface area contributed by atoms with Crippen molar-refractivity contribution >= 4 is 35.0 Å². The number of amides is 2. The molecule has 1 unspecified atom stereocenters. The number of hydrogen-bond donors (Lipinski definition) is 3. The molecule has 0 saturated carbocycles. The van der Waals surface area contributed by atoms with E-state index in [1.807, 2.05) is 48.9 Å². The number of ether oxygens (including phenoxy) is 1. The summed E-state index contributed by atoms with van der Waals surface area (Å²) in [5.41, 5.74) is 9.86. The molecule has 5 rings (SSSR count). The van der Waals surface area contributed by atoms with Crippen molar-refractivity contribution in [1.29, 1.82) is 0 Å². The Kier molecular flexibility index (Phi) is 8.69. The van der Waals surface area contributed by atoms with E-state index in [1.54, 1.807) is 30.3 Å². The number of halogens is 2. The molecule has 2 atom stereocenters. The highest BCUT2D eigenvalue weighted by molar-refractivity contribution is 6.30. The monoisotopic (exact) mass is 577 g/mol. The quantitative estimate of drug-likeness (QED) is 0.253. The van der Waals surface area contributed by atoms with Crippen LogP contribution in [0.5, 0.6) is 5.75 Å². The maximum atomic E-state index is 13.3. The number of nitrogens with one attached hydrogen (secondary N) is 2. The lowest BCUT2D eigenvalue weighted by Crippen LogP contribution is -2.46. The molecule has 3 aromatic carbocycles. The molecule has 4 aromatic rings. The molecule has 0 bridgehead atoms. The summed E-state index contributed by atoms with van der Waals surface area (Å²) in [7, 11) is 0. The third-order valence-corrected chi connectivity index (χ3v) is 7.42. The molecule has 10 heteroatoms. The predicted octanol–water partition coefficient (Wildman–Crippen LogP) is 4.68. The van der Waals surface area contributed by atoms with Crippen molar-refractivity contribution in [3.63, 3.8) is 0 Å². The lowest BCUT2D eigenvalue weighted by molar-refractivity contribution is -0.119. The number of benzene rings is 3. The molecule has 1 aromatic heterocycles. The van der Waals surface area contributed by atoms with Gasteiger partial charge in [0.25, 0.3) is 5.91 Å². The highest BCUT2D eigenvalue weighted by Gasteiger charge is 2.28. The smallest absolute Gasteiger partial charge is 0.255 e. The van der Waals surface area contributed by atoms with Crippen LogP contribution in [0.25, 0.3) is 0 Å². The second-order valence-corrected chi connectivity index (χ2v) is 10.6. The zero-order valence-electron chi connectivity index (χ0n) is 21.6. The van der Waals surface area contributed by atoms with Crippen molar-refractivity contribution in [3.05, 3.63) is 117 Å². The van der Waals surface area contributed by atoms with Crippen LogP contribution < -0.4 is 21.1 Å². The van der Waals surface area contributed by atoms with Crippen molar-refractivity contribution in [2.45, 2.75) is 38.0 Å². The number of aromatic nitrogens is 2. The van der Waals surface area contributed by atoms with Crippen molar-refractivity contribution < 1.29 is 14.3 Å². The number of carbonyl (C=O) groups is 2. The molecule has 4 N–H and O–H groups in total. The topological polar surface area (TPSA) is 111 Å². The van der Waals surface area contributed by atoms with E-state index in [-0.39, 0.29) is 12.5 Å². The molecule has 2 heterocycles. The van der Waals surface area contributed by atoms with Crippen LogP contribution in [0.4, 0.5) is 0 Å². The van der Waals surface area contributed by atoms with E-state index in [1.165, 1.54) is 0 Å². The Morgan fingerprint density at radius 3 is 2.42 bits per heavy atom. The molecular formula is C30H29Cl2N5O3. The van der Waals surface area contributed by atoms with Crippen LogP contribution in [0, 0.1) is 0 Å². The van der Waals surface area contributed by atoms with Crippen molar-refractivity contribution in [1.82, 2.24) is 20.2 Å². The van der Waals surface area contributed by atoms with Gasteiger partial charge in [0, 0.05) is 53.8 Å². The van der Waals surface area contributed by atoms with E-state index < -0.39 is 17.9 Å². The van der Waals surface area contributed by atoms with Gasteiger partial charge in [-0.25, -0.2) is 4.98 Å². The first-order valence-electron chi connectivity index (χ1n) is 12.9. The Morgan fingerprint density at radius 2 is 1.73 bits per heavy atom. The maximum Gasteiger partial charge on any atom is 0.255 e. The van der Waals surface area contributed by atoms with E-state index in [4.69, 9.17) is 33.7 Å². The van der Waals surface area contributed by atoms with Crippen LogP contribution in [-0.4, -0.2) is 34.0 Å². The summed E-state index contributed by atoms with van der Waals surface area (Å²) in [6.45, 7) is 1.71. The number of nitrogens with zero attached hydrogens (tertiary/aromatic N) is 2. The van der Waals surface area contributed by atoms with Gasteiger partial charge >= 0.3 is 0 Å². The minimum atomic E-state index is -0.886. The van der Waals surface area contributed by atoms with Crippen molar-refractivity contribution in [2.24, 2.45) is 5.73 Å². The molecule has 0 radical (unpaired) electrons. The number of primary amides is 1. The minimum absolute atomic E-state index is 0.0311. The fourth-order valence-electron chi connectivity index (χ4n) is 4.78. The Labute approximate surface area is 242 Å². The standard InChI is InChI=1S/C30H29Cl2N5O3/c31-21-8-4-19(5-9-21)14-27(29(33)38)36-30(39)25-3-1-2-24-26(12-13-40-28(24)25)35-16-23-15-34-18-37(23)17-20-6-10-22(32)11-7-20/h1-11,15,18,26-27,35H,12-14,16-17H2,(H2,33,38)(H,36,39)/t26?,27-/m0/s1. The van der Waals surface area contributed by atoms with Gasteiger partial charge in [0.2, 0.25) is 5.91 Å². The first-order chi connectivity index (χ1) is 19.4. The minimum Gasteiger partial charge on any atom is -0.492 e. The molecular weight excluding hydrogens is 549 g/mol. The highest BCUT2D eigenvalue weighted by Crippen LogP contribution is 2.35. The SMILES string of the molecule is NC(=O)[C@H](Cc1ccc(Cl)cc1)NC(=O)c1cccc2c1OCCC2NCc1cncn1Cc1ccc(Cl)cc1. The zero-order valence-corrected chi connectivity index (χ0v) is 23.2. The molecule has 0 fully saturated rings. The normalized spacial score (nSPS) is 15.1. The van der Waals surface area contributed by atoms with Crippen molar-refractivity contribution in [2.75, 3.05) is 6.61 Å². The summed E-state index contributed by atoms with van der Waals surface area (Å²) in [6, 6.07) is 19.4. The number of carbonyl (C=O) groups excluding carboxylic acids is 2. The maximum absolute atomic E-state index is 13.3. The van der Waals surface area contributed by atoms with E-state index in [0.717, 1.165) is 28.8 Å². The summed E-state index contributed by atoms with van der Waals surface area (Å²) in [5.74, 6) is -0.534. The summed E-state index contributed by atoms with van der Waals surface area (Å²) in [4.78, 5) is 29.8. The lowest BCUT2D eigenvalue weighted by atomic mass is 9.96. The molecule has 0 aliphatic carbocycles. The third-order valence-electron chi connectivity index (χ3n) is 6.91. The summed E-state index contributed by atoms with van der Waals surface area (Å²) in [6.07, 6.45) is 4.65. The molecule has 40 heavy (non-hydrogen) atoms. The molecule has 1 aliphatic rings. The summed E-state index contributed by atoms with van der Waals surface area (Å²) >= 11 is 12.0. The number of hydrogen-bond acceptors (Lipinski definition) is 5. The van der Waals surface area contributed by atoms with E-state index in [2.05, 4.69) is 20.2 Å². The van der Waals surface area contributed by atoms with Crippen LogP contribution in [-0.2, 0) is 24.3 Å². The largest absolute Gasteiger partial charge is 0.492 e. The zero-order chi connectivity index (χ0) is 28.1. The van der Waals surface area contributed by atoms with Gasteiger partial charge in [-0.05, 0) is 41.5 Å². The van der Waals surface area contributed by atoms with Gasteiger partial charge in [0.1, 0.15) is 11.8 Å². The van der Waals surface area contributed by atoms with Gasteiger partial charge in [-0.3, -0.25) is 9.59 Å². The summed E-state index contributed by atoms with van der Waals surface area (Å²) in [5, 5.41) is 7.67. The van der Waals surface area contributed by atoms with E-state index >= 15 is 0 Å². The number of nitrogens with two attached hydrogens (primary N) is 1. The second-order valence-electron chi connectivity index (χ2n) is 9.69. The van der Waals surface area contributed by atoms with Crippen LogP contribution in [0.15, 0.2) is 79.3 Å². The molecule has 2 amide bonds. The number of rotatable bonds is 10. The third kappa shape index (κ3) is 6.65. The first-order valence-corrected chi connectivity index (χ1v) is 13.7. The fraction of sp³-hybridized carbons (Fsp3) is 0.233. The fourth-order valence-corrected chi connectivity index (χ4v) is 5.03. The lowest BCUT2D eigenvalue weighted by Gasteiger charge is -2.28. The van der Waals surface area contributed by atoms with Gasteiger partial charge < -0.3 is 25.7 Å². The number of imidazole rings is 1. The Hall–Kier alpha value is -3.85. The van der Waals surface area contributed by atoms with Crippen LogP contribution in [0.3, 0.4) is 0 Å². The first kappa shape index (κ1) is 27.7. The van der Waals surface area contributed by atoms with Crippen molar-refractivity contribution in [3.8, 4) is 5.75 Å². The average Bonchev–Trinajstić information content (AvgIpc) is 3.40. The second kappa shape index (κ2) is 12.6. The van der Waals surface area contributed by atoms with Crippen LogP contribution in [0.1, 0.15) is 45.2 Å². The van der Waals surface area contributed by atoms with Crippen LogP contribution >= 0.6 is 23.2 Å². The Morgan fingerprint density at radius 1 is 1.02 bits per heavy atom. The molecule has 1 aliphatic heterocycles. The number of para-hydroxylation sites is 1.